The van der Waals surface area contributed by atoms with Crippen LogP contribution in [0.4, 0.5) is 13.2 Å². The molecule has 10 heteroatoms. The van der Waals surface area contributed by atoms with E-state index in [4.69, 9.17) is 0 Å². The summed E-state index contributed by atoms with van der Waals surface area (Å²) in [5.74, 6) is 1.56. The summed E-state index contributed by atoms with van der Waals surface area (Å²) >= 11 is 0.657. The Bertz CT molecular complexity index is 644. The lowest BCUT2D eigenvalue weighted by atomic mass is 10.3. The highest BCUT2D eigenvalue weighted by Gasteiger charge is 2.34. The number of alkyl halides is 3. The second-order valence-electron chi connectivity index (χ2n) is 5.53. The van der Waals surface area contributed by atoms with Crippen LogP contribution in [0, 0.1) is 6.92 Å². The molecule has 2 aromatic rings. The highest BCUT2D eigenvalue weighted by atomic mass is 32.1. The monoisotopic (exact) mass is 346 g/mol. The fourth-order valence-electron chi connectivity index (χ4n) is 2.50. The molecule has 0 radical (unpaired) electrons. The first-order valence-corrected chi connectivity index (χ1v) is 8.12. The molecular formula is C13H17F3N6S. The minimum Gasteiger partial charge on any atom is -0.295 e. The van der Waals surface area contributed by atoms with E-state index < -0.39 is 11.2 Å². The Morgan fingerprint density at radius 3 is 2.30 bits per heavy atom. The molecule has 0 unspecified atom stereocenters. The molecule has 1 N–H and O–H groups in total. The first-order chi connectivity index (χ1) is 10.9. The van der Waals surface area contributed by atoms with Crippen LogP contribution in [0.2, 0.25) is 0 Å². The zero-order valence-electron chi connectivity index (χ0n) is 12.6. The molecule has 6 nitrogen and oxygen atoms in total. The number of hydrogen-bond donors (Lipinski definition) is 1. The number of aromatic nitrogens is 4. The van der Waals surface area contributed by atoms with Crippen molar-refractivity contribution in [2.45, 2.75) is 26.2 Å². The molecule has 23 heavy (non-hydrogen) atoms. The normalized spacial score (nSPS) is 17.7. The van der Waals surface area contributed by atoms with Gasteiger partial charge in [0.1, 0.15) is 5.82 Å². The van der Waals surface area contributed by atoms with E-state index in [1.807, 2.05) is 6.92 Å². The number of thiazole rings is 1. The SMILES string of the molecule is Cc1nc(CN2CCN(Cc3csc(C(F)(F)F)n3)CC2)n[nH]1. The molecule has 1 fully saturated rings. The van der Waals surface area contributed by atoms with Crippen LogP contribution in [-0.4, -0.2) is 56.1 Å². The maximum absolute atomic E-state index is 12.6. The highest BCUT2D eigenvalue weighted by molar-refractivity contribution is 7.09. The van der Waals surface area contributed by atoms with E-state index in [0.717, 1.165) is 37.8 Å². The van der Waals surface area contributed by atoms with Crippen molar-refractivity contribution in [1.29, 1.82) is 0 Å². The van der Waals surface area contributed by atoms with Crippen LogP contribution in [0.15, 0.2) is 5.38 Å². The zero-order valence-corrected chi connectivity index (χ0v) is 13.4. The number of rotatable bonds is 4. The third-order valence-electron chi connectivity index (χ3n) is 3.65. The second kappa shape index (κ2) is 6.54. The molecule has 0 amide bonds. The second-order valence-corrected chi connectivity index (χ2v) is 6.39. The number of hydrogen-bond acceptors (Lipinski definition) is 6. The number of nitrogens with zero attached hydrogens (tertiary/aromatic N) is 5. The predicted molar refractivity (Wildman–Crippen MR) is 78.8 cm³/mol. The van der Waals surface area contributed by atoms with E-state index in [2.05, 4.69) is 30.0 Å². The van der Waals surface area contributed by atoms with Gasteiger partial charge in [-0.2, -0.15) is 18.3 Å². The lowest BCUT2D eigenvalue weighted by Gasteiger charge is -2.33. The van der Waals surface area contributed by atoms with Crippen LogP contribution < -0.4 is 0 Å². The van der Waals surface area contributed by atoms with Crippen LogP contribution in [-0.2, 0) is 19.3 Å². The van der Waals surface area contributed by atoms with Crippen LogP contribution in [0.1, 0.15) is 22.4 Å². The number of halogens is 3. The van der Waals surface area contributed by atoms with Crippen molar-refractivity contribution in [1.82, 2.24) is 30.0 Å². The Balaban J connectivity index is 1.48. The van der Waals surface area contributed by atoms with Crippen LogP contribution in [0.3, 0.4) is 0 Å². The number of aryl methyl sites for hydroxylation is 1. The van der Waals surface area contributed by atoms with Crippen molar-refractivity contribution in [3.8, 4) is 0 Å². The maximum atomic E-state index is 12.6. The van der Waals surface area contributed by atoms with Gasteiger partial charge in [-0.1, -0.05) is 0 Å². The third kappa shape index (κ3) is 4.27. The van der Waals surface area contributed by atoms with Crippen molar-refractivity contribution >= 4 is 11.3 Å². The smallest absolute Gasteiger partial charge is 0.295 e. The molecule has 0 atom stereocenters. The molecule has 1 aliphatic heterocycles. The van der Waals surface area contributed by atoms with Gasteiger partial charge in [0.15, 0.2) is 10.8 Å². The topological polar surface area (TPSA) is 60.9 Å². The summed E-state index contributed by atoms with van der Waals surface area (Å²) in [6.45, 7) is 6.27. The summed E-state index contributed by atoms with van der Waals surface area (Å²) in [7, 11) is 0. The summed E-state index contributed by atoms with van der Waals surface area (Å²) in [6.07, 6.45) is -4.35. The first kappa shape index (κ1) is 16.3. The van der Waals surface area contributed by atoms with Gasteiger partial charge in [-0.25, -0.2) is 9.97 Å². The van der Waals surface area contributed by atoms with Crippen molar-refractivity contribution < 1.29 is 13.2 Å². The molecular weight excluding hydrogens is 329 g/mol. The van der Waals surface area contributed by atoms with Crippen LogP contribution in [0.5, 0.6) is 0 Å². The van der Waals surface area contributed by atoms with Gasteiger partial charge >= 0.3 is 6.18 Å². The molecule has 126 valence electrons. The maximum Gasteiger partial charge on any atom is 0.443 e. The average Bonchev–Trinajstić information content (AvgIpc) is 3.10. The quantitative estimate of drug-likeness (QED) is 0.916. The van der Waals surface area contributed by atoms with E-state index in [9.17, 15) is 13.2 Å². The fourth-order valence-corrected chi connectivity index (χ4v) is 3.18. The van der Waals surface area contributed by atoms with Crippen LogP contribution in [0.25, 0.3) is 0 Å². The standard InChI is InChI=1S/C13H17F3N6S/c1-9-17-11(20-19-9)7-22-4-2-21(3-5-22)6-10-8-23-12(18-10)13(14,15)16/h8H,2-7H2,1H3,(H,17,19,20). The Kier molecular flexibility index (Phi) is 4.64. The van der Waals surface area contributed by atoms with Gasteiger partial charge in [-0.15, -0.1) is 11.3 Å². The van der Waals surface area contributed by atoms with Gasteiger partial charge in [0.2, 0.25) is 0 Å². The Labute approximate surface area is 135 Å². The minimum absolute atomic E-state index is 0.459. The van der Waals surface area contributed by atoms with E-state index >= 15 is 0 Å². The lowest BCUT2D eigenvalue weighted by molar-refractivity contribution is -0.137. The summed E-state index contributed by atoms with van der Waals surface area (Å²) in [4.78, 5) is 12.3. The predicted octanol–water partition coefficient (Wildman–Crippen LogP) is 1.91. The van der Waals surface area contributed by atoms with E-state index in [0.29, 0.717) is 30.1 Å². The first-order valence-electron chi connectivity index (χ1n) is 7.24. The molecule has 1 saturated heterocycles. The van der Waals surface area contributed by atoms with E-state index in [1.165, 1.54) is 5.38 Å². The number of aromatic amines is 1. The lowest BCUT2D eigenvalue weighted by Crippen LogP contribution is -2.45. The fraction of sp³-hybridized carbons (Fsp3) is 0.615. The molecule has 3 heterocycles. The largest absolute Gasteiger partial charge is 0.443 e. The Morgan fingerprint density at radius 1 is 1.13 bits per heavy atom. The zero-order chi connectivity index (χ0) is 16.4. The van der Waals surface area contributed by atoms with Gasteiger partial charge in [0.05, 0.1) is 12.2 Å². The van der Waals surface area contributed by atoms with Gasteiger partial charge in [-0.05, 0) is 6.92 Å². The molecule has 0 bridgehead atoms. The number of piperazine rings is 1. The Hall–Kier alpha value is -1.52. The molecule has 3 rings (SSSR count). The van der Waals surface area contributed by atoms with Crippen molar-refractivity contribution in [3.63, 3.8) is 0 Å². The molecule has 0 aliphatic carbocycles. The minimum atomic E-state index is -4.35. The van der Waals surface area contributed by atoms with Gasteiger partial charge in [0, 0.05) is 38.1 Å². The molecule has 2 aromatic heterocycles. The van der Waals surface area contributed by atoms with Gasteiger partial charge in [-0.3, -0.25) is 14.9 Å². The summed E-state index contributed by atoms with van der Waals surface area (Å²) in [5.41, 5.74) is 0.486. The summed E-state index contributed by atoms with van der Waals surface area (Å²) < 4.78 is 37.7. The molecule has 0 spiro atoms. The summed E-state index contributed by atoms with van der Waals surface area (Å²) in [5, 5.41) is 7.65. The third-order valence-corrected chi connectivity index (χ3v) is 4.59. The molecule has 1 aliphatic rings. The van der Waals surface area contributed by atoms with E-state index in [-0.39, 0.29) is 0 Å². The molecule has 0 aromatic carbocycles. The molecule has 0 saturated carbocycles. The highest BCUT2D eigenvalue weighted by Crippen LogP contribution is 2.31. The van der Waals surface area contributed by atoms with Gasteiger partial charge < -0.3 is 0 Å². The van der Waals surface area contributed by atoms with Crippen molar-refractivity contribution in [2.75, 3.05) is 26.2 Å². The van der Waals surface area contributed by atoms with Crippen molar-refractivity contribution in [2.24, 2.45) is 0 Å². The van der Waals surface area contributed by atoms with E-state index in [1.54, 1.807) is 0 Å². The number of H-pyrrole nitrogens is 1. The van der Waals surface area contributed by atoms with Crippen LogP contribution >= 0.6 is 11.3 Å². The summed E-state index contributed by atoms with van der Waals surface area (Å²) in [6, 6.07) is 0. The average molecular weight is 346 g/mol. The van der Waals surface area contributed by atoms with Gasteiger partial charge in [0.25, 0.3) is 0 Å². The number of nitrogens with one attached hydrogen (secondary N) is 1. The Morgan fingerprint density at radius 2 is 1.78 bits per heavy atom. The van der Waals surface area contributed by atoms with Crippen molar-refractivity contribution in [3.05, 3.63) is 27.7 Å².